The van der Waals surface area contributed by atoms with Crippen molar-refractivity contribution in [3.63, 3.8) is 0 Å². The number of carbonyl (C=O) groups excluding carboxylic acids is 1. The first-order valence-electron chi connectivity index (χ1n) is 7.47. The molecule has 0 spiro atoms. The summed E-state index contributed by atoms with van der Waals surface area (Å²) in [7, 11) is 0. The molecule has 1 saturated carbocycles. The van der Waals surface area contributed by atoms with Crippen molar-refractivity contribution in [2.75, 3.05) is 6.61 Å². The molecule has 2 atom stereocenters. The predicted octanol–water partition coefficient (Wildman–Crippen LogP) is 1.50. The lowest BCUT2D eigenvalue weighted by Crippen LogP contribution is -2.49. The molecule has 0 radical (unpaired) electrons. The van der Waals surface area contributed by atoms with Gasteiger partial charge >= 0.3 is 12.0 Å². The van der Waals surface area contributed by atoms with Gasteiger partial charge in [0.05, 0.1) is 18.1 Å². The van der Waals surface area contributed by atoms with E-state index >= 15 is 0 Å². The van der Waals surface area contributed by atoms with Crippen molar-refractivity contribution in [3.8, 4) is 0 Å². The van der Waals surface area contributed by atoms with E-state index in [1.54, 1.807) is 0 Å². The number of carboxylic acid groups (broad SMARTS) is 1. The Labute approximate surface area is 119 Å². The second kappa shape index (κ2) is 6.92. The number of ether oxygens (including phenoxy) is 1. The molecular weight excluding hydrogens is 260 g/mol. The molecule has 1 saturated heterocycles. The fourth-order valence-corrected chi connectivity index (χ4v) is 3.01. The zero-order valence-electron chi connectivity index (χ0n) is 11.9. The van der Waals surface area contributed by atoms with Gasteiger partial charge in [0.2, 0.25) is 0 Å². The molecule has 6 nitrogen and oxygen atoms in total. The minimum atomic E-state index is -0.722. The normalized spacial score (nSPS) is 31.6. The van der Waals surface area contributed by atoms with Crippen molar-refractivity contribution >= 4 is 12.0 Å². The summed E-state index contributed by atoms with van der Waals surface area (Å²) >= 11 is 0. The van der Waals surface area contributed by atoms with Gasteiger partial charge in [-0.1, -0.05) is 0 Å². The Balaban J connectivity index is 1.68. The fourth-order valence-electron chi connectivity index (χ4n) is 3.01. The van der Waals surface area contributed by atoms with Crippen LogP contribution in [0.4, 0.5) is 4.79 Å². The van der Waals surface area contributed by atoms with Crippen LogP contribution in [0.25, 0.3) is 0 Å². The molecule has 114 valence electrons. The molecule has 1 aliphatic carbocycles. The van der Waals surface area contributed by atoms with Gasteiger partial charge in [-0.25, -0.2) is 4.79 Å². The number of hydrogen-bond acceptors (Lipinski definition) is 3. The van der Waals surface area contributed by atoms with Gasteiger partial charge in [-0.2, -0.15) is 0 Å². The highest BCUT2D eigenvalue weighted by Gasteiger charge is 2.28. The minimum Gasteiger partial charge on any atom is -0.481 e. The molecule has 2 unspecified atom stereocenters. The van der Waals surface area contributed by atoms with E-state index in [-0.39, 0.29) is 30.1 Å². The second-order valence-electron chi connectivity index (χ2n) is 5.84. The van der Waals surface area contributed by atoms with E-state index in [1.165, 1.54) is 0 Å². The van der Waals surface area contributed by atoms with E-state index in [4.69, 9.17) is 9.84 Å². The van der Waals surface area contributed by atoms with Crippen molar-refractivity contribution in [3.05, 3.63) is 0 Å². The van der Waals surface area contributed by atoms with E-state index in [1.807, 2.05) is 6.92 Å². The largest absolute Gasteiger partial charge is 0.481 e. The second-order valence-corrected chi connectivity index (χ2v) is 5.84. The molecule has 2 aliphatic rings. The smallest absolute Gasteiger partial charge is 0.315 e. The number of urea groups is 1. The van der Waals surface area contributed by atoms with E-state index in [0.717, 1.165) is 32.3 Å². The summed E-state index contributed by atoms with van der Waals surface area (Å²) < 4.78 is 5.54. The topological polar surface area (TPSA) is 87.7 Å². The van der Waals surface area contributed by atoms with Crippen LogP contribution in [-0.2, 0) is 9.53 Å². The summed E-state index contributed by atoms with van der Waals surface area (Å²) in [6.45, 7) is 2.73. The average molecular weight is 284 g/mol. The zero-order valence-corrected chi connectivity index (χ0v) is 11.9. The molecular formula is C14H24N2O4. The Morgan fingerprint density at radius 1 is 1.20 bits per heavy atom. The summed E-state index contributed by atoms with van der Waals surface area (Å²) in [4.78, 5) is 22.8. The van der Waals surface area contributed by atoms with Crippen molar-refractivity contribution in [2.45, 2.75) is 63.6 Å². The standard InChI is InChI=1S/C14H24N2O4/c1-9(12-3-2-8-20-12)15-14(19)16-11-6-4-10(5-7-11)13(17)18/h9-12H,2-8H2,1H3,(H,17,18)(H2,15,16,19). The van der Waals surface area contributed by atoms with Crippen molar-refractivity contribution in [1.29, 1.82) is 0 Å². The highest BCUT2D eigenvalue weighted by Crippen LogP contribution is 2.24. The Morgan fingerprint density at radius 2 is 1.90 bits per heavy atom. The maximum Gasteiger partial charge on any atom is 0.315 e. The number of nitrogens with one attached hydrogen (secondary N) is 2. The number of hydrogen-bond donors (Lipinski definition) is 3. The van der Waals surface area contributed by atoms with Crippen LogP contribution in [0.5, 0.6) is 0 Å². The third-order valence-corrected chi connectivity index (χ3v) is 4.29. The molecule has 2 fully saturated rings. The van der Waals surface area contributed by atoms with Gasteiger partial charge in [0.1, 0.15) is 0 Å². The van der Waals surface area contributed by atoms with Gasteiger partial charge in [0, 0.05) is 12.6 Å². The number of rotatable bonds is 4. The molecule has 0 aromatic heterocycles. The van der Waals surface area contributed by atoms with E-state index < -0.39 is 5.97 Å². The van der Waals surface area contributed by atoms with E-state index in [0.29, 0.717) is 12.8 Å². The lowest BCUT2D eigenvalue weighted by Gasteiger charge is -2.28. The van der Waals surface area contributed by atoms with E-state index in [2.05, 4.69) is 10.6 Å². The average Bonchev–Trinajstić information content (AvgIpc) is 2.93. The first-order valence-corrected chi connectivity index (χ1v) is 7.47. The van der Waals surface area contributed by atoms with Crippen LogP contribution in [0.3, 0.4) is 0 Å². The Hall–Kier alpha value is -1.30. The number of amides is 2. The first kappa shape index (κ1) is 15.1. The maximum absolute atomic E-state index is 11.9. The predicted molar refractivity (Wildman–Crippen MR) is 73.5 cm³/mol. The van der Waals surface area contributed by atoms with Crippen LogP contribution in [0.2, 0.25) is 0 Å². The zero-order chi connectivity index (χ0) is 14.5. The molecule has 1 heterocycles. The molecule has 1 aliphatic heterocycles. The quantitative estimate of drug-likeness (QED) is 0.730. The molecule has 2 amide bonds. The van der Waals surface area contributed by atoms with Crippen LogP contribution in [0, 0.1) is 5.92 Å². The molecule has 6 heteroatoms. The van der Waals surface area contributed by atoms with Gasteiger partial charge < -0.3 is 20.5 Å². The van der Waals surface area contributed by atoms with Gasteiger partial charge in [-0.05, 0) is 45.4 Å². The summed E-state index contributed by atoms with van der Waals surface area (Å²) in [6, 6.07) is -0.0815. The number of carbonyl (C=O) groups is 2. The molecule has 0 aromatic rings. The summed E-state index contributed by atoms with van der Waals surface area (Å²) in [5.41, 5.74) is 0. The van der Waals surface area contributed by atoms with Crippen LogP contribution < -0.4 is 10.6 Å². The van der Waals surface area contributed by atoms with Crippen molar-refractivity contribution in [2.24, 2.45) is 5.92 Å². The maximum atomic E-state index is 11.9. The van der Waals surface area contributed by atoms with E-state index in [9.17, 15) is 9.59 Å². The summed E-state index contributed by atoms with van der Waals surface area (Å²) in [6.07, 6.45) is 4.91. The van der Waals surface area contributed by atoms with Gasteiger partial charge in [-0.3, -0.25) is 4.79 Å². The van der Waals surface area contributed by atoms with Crippen LogP contribution in [0.15, 0.2) is 0 Å². The fraction of sp³-hybridized carbons (Fsp3) is 0.857. The number of carboxylic acids is 1. The Kier molecular flexibility index (Phi) is 5.23. The van der Waals surface area contributed by atoms with Crippen LogP contribution >= 0.6 is 0 Å². The Morgan fingerprint density at radius 3 is 2.45 bits per heavy atom. The van der Waals surface area contributed by atoms with Gasteiger partial charge in [0.25, 0.3) is 0 Å². The van der Waals surface area contributed by atoms with Crippen LogP contribution in [-0.4, -0.2) is 41.9 Å². The third kappa shape index (κ3) is 4.10. The Bertz CT molecular complexity index is 347. The SMILES string of the molecule is CC(NC(=O)NC1CCC(C(=O)O)CC1)C1CCCO1. The number of aliphatic carboxylic acids is 1. The molecule has 3 N–H and O–H groups in total. The monoisotopic (exact) mass is 284 g/mol. The molecule has 0 aromatic carbocycles. The minimum absolute atomic E-state index is 0.00728. The van der Waals surface area contributed by atoms with Crippen LogP contribution in [0.1, 0.15) is 45.4 Å². The van der Waals surface area contributed by atoms with Gasteiger partial charge in [-0.15, -0.1) is 0 Å². The highest BCUT2D eigenvalue weighted by molar-refractivity contribution is 5.74. The lowest BCUT2D eigenvalue weighted by molar-refractivity contribution is -0.142. The lowest BCUT2D eigenvalue weighted by atomic mass is 9.86. The third-order valence-electron chi connectivity index (χ3n) is 4.29. The molecule has 0 bridgehead atoms. The van der Waals surface area contributed by atoms with Gasteiger partial charge in [0.15, 0.2) is 0 Å². The summed E-state index contributed by atoms with van der Waals surface area (Å²) in [5, 5.41) is 14.8. The summed E-state index contributed by atoms with van der Waals surface area (Å²) in [5.74, 6) is -0.971. The first-order chi connectivity index (χ1) is 9.56. The van der Waals surface area contributed by atoms with Crippen molar-refractivity contribution in [1.82, 2.24) is 10.6 Å². The highest BCUT2D eigenvalue weighted by atomic mass is 16.5. The van der Waals surface area contributed by atoms with Crippen molar-refractivity contribution < 1.29 is 19.4 Å². The molecule has 2 rings (SSSR count). The molecule has 20 heavy (non-hydrogen) atoms.